The molecule has 0 spiro atoms. The molecule has 4 heteroatoms. The molecule has 4 rings (SSSR count). The molecule has 1 aromatic heterocycles. The number of benzene rings is 3. The van der Waals surface area contributed by atoms with Crippen LogP contribution in [-0.4, -0.2) is 10.2 Å². The van der Waals surface area contributed by atoms with E-state index in [9.17, 15) is 4.39 Å². The van der Waals surface area contributed by atoms with Crippen molar-refractivity contribution in [2.45, 2.75) is 13.8 Å². The Morgan fingerprint density at radius 3 is 2.15 bits per heavy atom. The SMILES string of the molecule is Cc1nnc(C)c(-c2c(F)cccc2Cl)c1-c1ccc2ccccc2c1. The molecule has 0 N–H and O–H groups in total. The normalized spacial score (nSPS) is 11.1. The zero-order valence-electron chi connectivity index (χ0n) is 14.4. The smallest absolute Gasteiger partial charge is 0.132 e. The maximum atomic E-state index is 14.7. The average Bonchev–Trinajstić information content (AvgIpc) is 2.64. The van der Waals surface area contributed by atoms with Crippen molar-refractivity contribution in [3.05, 3.63) is 82.9 Å². The third-order valence-corrected chi connectivity index (χ3v) is 4.89. The monoisotopic (exact) mass is 362 g/mol. The maximum absolute atomic E-state index is 14.7. The lowest BCUT2D eigenvalue weighted by molar-refractivity contribution is 0.631. The van der Waals surface area contributed by atoms with Crippen LogP contribution in [0.15, 0.2) is 60.7 Å². The van der Waals surface area contributed by atoms with E-state index < -0.39 is 0 Å². The Labute approximate surface area is 156 Å². The van der Waals surface area contributed by atoms with Crippen LogP contribution in [0.3, 0.4) is 0 Å². The van der Waals surface area contributed by atoms with Crippen LogP contribution in [0.2, 0.25) is 5.02 Å². The highest BCUT2D eigenvalue weighted by molar-refractivity contribution is 6.33. The Morgan fingerprint density at radius 1 is 0.731 bits per heavy atom. The second-order valence-electron chi connectivity index (χ2n) is 6.28. The number of hydrogen-bond acceptors (Lipinski definition) is 2. The van der Waals surface area contributed by atoms with E-state index in [0.717, 1.165) is 27.6 Å². The first-order valence-electron chi connectivity index (χ1n) is 8.33. The van der Waals surface area contributed by atoms with Gasteiger partial charge in [-0.25, -0.2) is 4.39 Å². The van der Waals surface area contributed by atoms with Gasteiger partial charge in [0.25, 0.3) is 0 Å². The van der Waals surface area contributed by atoms with Gasteiger partial charge in [-0.2, -0.15) is 10.2 Å². The molecule has 3 aromatic carbocycles. The molecule has 0 radical (unpaired) electrons. The maximum Gasteiger partial charge on any atom is 0.132 e. The summed E-state index contributed by atoms with van der Waals surface area (Å²) in [6.07, 6.45) is 0. The highest BCUT2D eigenvalue weighted by atomic mass is 35.5. The molecule has 4 aromatic rings. The van der Waals surface area contributed by atoms with Crippen molar-refractivity contribution >= 4 is 22.4 Å². The van der Waals surface area contributed by atoms with Gasteiger partial charge >= 0.3 is 0 Å². The molecular weight excluding hydrogens is 347 g/mol. The minimum atomic E-state index is -0.366. The molecule has 0 aliphatic carbocycles. The van der Waals surface area contributed by atoms with Crippen LogP contribution in [0.4, 0.5) is 4.39 Å². The highest BCUT2D eigenvalue weighted by Crippen LogP contribution is 2.40. The third-order valence-electron chi connectivity index (χ3n) is 4.57. The quantitative estimate of drug-likeness (QED) is 0.414. The number of halogens is 2. The van der Waals surface area contributed by atoms with Gasteiger partial charge in [-0.15, -0.1) is 0 Å². The Bertz CT molecular complexity index is 1120. The van der Waals surface area contributed by atoms with E-state index in [-0.39, 0.29) is 5.82 Å². The molecule has 0 saturated heterocycles. The van der Waals surface area contributed by atoms with E-state index in [0.29, 0.717) is 21.8 Å². The molecule has 0 fully saturated rings. The fraction of sp³-hybridized carbons (Fsp3) is 0.0909. The molecule has 0 aliphatic heterocycles. The molecule has 128 valence electrons. The Kier molecular flexibility index (Phi) is 4.17. The van der Waals surface area contributed by atoms with Crippen LogP contribution in [0.1, 0.15) is 11.4 Å². The summed E-state index contributed by atoms with van der Waals surface area (Å²) in [6, 6.07) is 19.0. The molecule has 0 amide bonds. The summed E-state index contributed by atoms with van der Waals surface area (Å²) in [6.45, 7) is 3.71. The lowest BCUT2D eigenvalue weighted by Crippen LogP contribution is -2.01. The van der Waals surface area contributed by atoms with Crippen molar-refractivity contribution in [2.75, 3.05) is 0 Å². The molecule has 0 unspecified atom stereocenters. The Morgan fingerprint density at radius 2 is 1.42 bits per heavy atom. The molecule has 26 heavy (non-hydrogen) atoms. The molecule has 1 heterocycles. The lowest BCUT2D eigenvalue weighted by Gasteiger charge is -2.16. The molecule has 0 aliphatic rings. The summed E-state index contributed by atoms with van der Waals surface area (Å²) < 4.78 is 14.7. The fourth-order valence-electron chi connectivity index (χ4n) is 3.35. The Hall–Kier alpha value is -2.78. The molecular formula is C22H16ClFN2. The minimum Gasteiger partial charge on any atom is -0.206 e. The second kappa shape index (κ2) is 6.50. The van der Waals surface area contributed by atoms with Crippen LogP contribution < -0.4 is 0 Å². The van der Waals surface area contributed by atoms with Crippen LogP contribution >= 0.6 is 11.6 Å². The Balaban J connectivity index is 2.06. The first-order chi connectivity index (χ1) is 12.6. The van der Waals surface area contributed by atoms with Crippen molar-refractivity contribution in [3.63, 3.8) is 0 Å². The summed E-state index contributed by atoms with van der Waals surface area (Å²) in [5.74, 6) is -0.366. The number of aromatic nitrogens is 2. The zero-order chi connectivity index (χ0) is 18.3. The topological polar surface area (TPSA) is 25.8 Å². The van der Waals surface area contributed by atoms with Gasteiger partial charge in [0.15, 0.2) is 0 Å². The average molecular weight is 363 g/mol. The molecule has 2 nitrogen and oxygen atoms in total. The predicted molar refractivity (Wildman–Crippen MR) is 105 cm³/mol. The van der Waals surface area contributed by atoms with Crippen LogP contribution in [0.5, 0.6) is 0 Å². The molecule has 0 bridgehead atoms. The van der Waals surface area contributed by atoms with Crippen LogP contribution in [0.25, 0.3) is 33.0 Å². The summed E-state index contributed by atoms with van der Waals surface area (Å²) in [7, 11) is 0. The van der Waals surface area contributed by atoms with E-state index in [1.807, 2.05) is 32.0 Å². The fourth-order valence-corrected chi connectivity index (χ4v) is 3.61. The van der Waals surface area contributed by atoms with Crippen molar-refractivity contribution in [1.29, 1.82) is 0 Å². The van der Waals surface area contributed by atoms with Crippen molar-refractivity contribution in [2.24, 2.45) is 0 Å². The van der Waals surface area contributed by atoms with Gasteiger partial charge in [0.05, 0.1) is 16.4 Å². The first kappa shape index (κ1) is 16.7. The number of rotatable bonds is 2. The van der Waals surface area contributed by atoms with E-state index in [1.54, 1.807) is 12.1 Å². The van der Waals surface area contributed by atoms with Gasteiger partial charge in [0, 0.05) is 16.7 Å². The van der Waals surface area contributed by atoms with E-state index in [4.69, 9.17) is 11.6 Å². The third kappa shape index (κ3) is 2.74. The standard InChI is InChI=1S/C22H16ClFN2/c1-13-20(17-11-10-15-6-3-4-7-16(15)12-17)21(14(2)26-25-13)22-18(23)8-5-9-19(22)24/h3-12H,1-2H3. The summed E-state index contributed by atoms with van der Waals surface area (Å²) in [5, 5.41) is 11.1. The molecule has 0 saturated carbocycles. The zero-order valence-corrected chi connectivity index (χ0v) is 15.2. The number of hydrogen-bond donors (Lipinski definition) is 0. The van der Waals surface area contributed by atoms with Crippen molar-refractivity contribution in [3.8, 4) is 22.3 Å². The highest BCUT2D eigenvalue weighted by Gasteiger charge is 2.20. The summed E-state index contributed by atoms with van der Waals surface area (Å²) >= 11 is 6.35. The largest absolute Gasteiger partial charge is 0.206 e. The van der Waals surface area contributed by atoms with Gasteiger partial charge in [-0.1, -0.05) is 54.1 Å². The van der Waals surface area contributed by atoms with Gasteiger partial charge in [0.2, 0.25) is 0 Å². The number of nitrogens with zero attached hydrogens (tertiary/aromatic N) is 2. The van der Waals surface area contributed by atoms with Gasteiger partial charge in [-0.05, 0) is 48.4 Å². The van der Waals surface area contributed by atoms with Crippen LogP contribution in [-0.2, 0) is 0 Å². The number of fused-ring (bicyclic) bond motifs is 1. The van der Waals surface area contributed by atoms with Crippen molar-refractivity contribution in [1.82, 2.24) is 10.2 Å². The van der Waals surface area contributed by atoms with Gasteiger partial charge in [-0.3, -0.25) is 0 Å². The lowest BCUT2D eigenvalue weighted by atomic mass is 9.91. The van der Waals surface area contributed by atoms with Gasteiger partial charge in [0.1, 0.15) is 5.82 Å². The number of aryl methyl sites for hydroxylation is 2. The van der Waals surface area contributed by atoms with Crippen LogP contribution in [0, 0.1) is 19.7 Å². The summed E-state index contributed by atoms with van der Waals surface area (Å²) in [5.41, 5.74) is 4.26. The molecule has 0 atom stereocenters. The van der Waals surface area contributed by atoms with E-state index in [1.165, 1.54) is 6.07 Å². The predicted octanol–water partition coefficient (Wildman–Crippen LogP) is 6.37. The second-order valence-corrected chi connectivity index (χ2v) is 6.69. The first-order valence-corrected chi connectivity index (χ1v) is 8.71. The van der Waals surface area contributed by atoms with E-state index >= 15 is 0 Å². The van der Waals surface area contributed by atoms with E-state index in [2.05, 4.69) is 34.5 Å². The van der Waals surface area contributed by atoms with Crippen molar-refractivity contribution < 1.29 is 4.39 Å². The minimum absolute atomic E-state index is 0.363. The van der Waals surface area contributed by atoms with Gasteiger partial charge < -0.3 is 0 Å². The summed E-state index contributed by atoms with van der Waals surface area (Å²) in [4.78, 5) is 0.